The van der Waals surface area contributed by atoms with Crippen LogP contribution in [0.25, 0.3) is 0 Å². The molecule has 89 valence electrons. The van der Waals surface area contributed by atoms with Crippen LogP contribution in [0.2, 0.25) is 0 Å². The molecular weight excluding hydrogens is 376 g/mol. The summed E-state index contributed by atoms with van der Waals surface area (Å²) < 4.78 is 35.4. The van der Waals surface area contributed by atoms with Gasteiger partial charge in [-0.1, -0.05) is 8.62 Å². The van der Waals surface area contributed by atoms with E-state index in [1.807, 2.05) is 0 Å². The van der Waals surface area contributed by atoms with Gasteiger partial charge in [-0.05, 0) is 9.13 Å². The van der Waals surface area contributed by atoms with Crippen molar-refractivity contribution in [2.24, 2.45) is 0 Å². The summed E-state index contributed by atoms with van der Waals surface area (Å²) in [6.07, 6.45) is 1.47. The average Bonchev–Trinajstić information content (AvgIpc) is 1.85. The summed E-state index contributed by atoms with van der Waals surface area (Å²) in [5, 5.41) is 0. The maximum absolute atomic E-state index is 10.1. The molecule has 0 aliphatic carbocycles. The van der Waals surface area contributed by atoms with E-state index in [4.69, 9.17) is 0 Å². The van der Waals surface area contributed by atoms with E-state index in [9.17, 15) is 28.4 Å². The second-order valence-corrected chi connectivity index (χ2v) is 4.15. The van der Waals surface area contributed by atoms with Gasteiger partial charge in [0.15, 0.2) is 0 Å². The maximum Gasteiger partial charge on any atom is 0.496 e. The van der Waals surface area contributed by atoms with Crippen LogP contribution < -0.4 is 14.7 Å². The number of hydrogen-bond acceptors (Lipinski definition) is 8. The summed E-state index contributed by atoms with van der Waals surface area (Å²) >= 11 is 4.64. The molecule has 0 saturated heterocycles. The minimum absolute atomic E-state index is 0. The van der Waals surface area contributed by atoms with Crippen LogP contribution in [0.5, 0.6) is 0 Å². The zero-order valence-corrected chi connectivity index (χ0v) is 11.2. The fourth-order valence-electron chi connectivity index (χ4n) is 0.178. The maximum atomic E-state index is 10.1. The van der Waals surface area contributed by atoms with E-state index in [1.54, 1.807) is 0 Å². The van der Waals surface area contributed by atoms with Gasteiger partial charge in [-0.15, -0.1) is 11.6 Å². The van der Waals surface area contributed by atoms with Crippen molar-refractivity contribution >= 4 is 35.9 Å². The van der Waals surface area contributed by atoms with Crippen LogP contribution in [-0.4, -0.2) is 6.38 Å². The van der Waals surface area contributed by atoms with Gasteiger partial charge in [0, 0.05) is 28.8 Å². The Balaban J connectivity index is -0.000000376. The third-order valence-corrected chi connectivity index (χ3v) is 3.00. The molecule has 0 N–H and O–H groups in total. The fraction of sp³-hybridized carbons (Fsp3) is 1.00. The van der Waals surface area contributed by atoms with Crippen molar-refractivity contribution in [1.29, 1.82) is 0 Å². The first-order chi connectivity index (χ1) is 5.83. The average molecular weight is 379 g/mol. The van der Waals surface area contributed by atoms with E-state index < -0.39 is 24.3 Å². The molecule has 0 saturated carbocycles. The molecule has 0 aromatic carbocycles. The molecule has 2 atom stereocenters. The molecule has 0 aliphatic heterocycles. The third-order valence-electron chi connectivity index (χ3n) is 0.333. The Bertz CT molecular complexity index is 211. The van der Waals surface area contributed by atoms with Gasteiger partial charge < -0.3 is 14.7 Å². The van der Waals surface area contributed by atoms with Crippen molar-refractivity contribution in [1.82, 2.24) is 0 Å². The van der Waals surface area contributed by atoms with Crippen molar-refractivity contribution in [3.8, 4) is 0 Å². The van der Waals surface area contributed by atoms with Gasteiger partial charge >= 0.3 is 24.3 Å². The number of alkyl halides is 1. The van der Waals surface area contributed by atoms with E-state index >= 15 is 0 Å². The molecule has 0 aliphatic rings. The normalized spacial score (nSPS) is 15.2. The van der Waals surface area contributed by atoms with Gasteiger partial charge in [-0.2, -0.15) is 0 Å². The van der Waals surface area contributed by atoms with Crippen LogP contribution >= 0.6 is 35.9 Å². The predicted molar refractivity (Wildman–Crippen MR) is 36.8 cm³/mol. The van der Waals surface area contributed by atoms with Gasteiger partial charge in [0.25, 0.3) is 0 Å². The minimum atomic E-state index is -5.25. The van der Waals surface area contributed by atoms with Crippen LogP contribution in [0, 0.1) is 0 Å². The number of phosphoric acid groups is 1. The molecule has 14 heavy (non-hydrogen) atoms. The smallest absolute Gasteiger partial charge is 0.496 e. The second kappa shape index (κ2) is 10.8. The SMILES string of the molecule is CCl.O=[P+]([O-])OP(=O)([O-])O[P+](=O)[O-].[Ag]. The molecule has 0 fully saturated rings. The Labute approximate surface area is 102 Å². The molecular formula is CH3AgClO8P3-. The zero-order valence-electron chi connectivity index (χ0n) is 6.29. The molecule has 13 heteroatoms. The quantitative estimate of drug-likeness (QED) is 0.358. The van der Waals surface area contributed by atoms with Crippen molar-refractivity contribution in [2.45, 2.75) is 0 Å². The monoisotopic (exact) mass is 378 g/mol. The Hall–Kier alpha value is 1.26. The van der Waals surface area contributed by atoms with Crippen molar-refractivity contribution in [2.75, 3.05) is 6.38 Å². The third kappa shape index (κ3) is 15.7. The molecule has 0 amide bonds. The standard InChI is InChI=1S/CH3Cl.Ag.HO8P3/c1-2;;1-9(2)7-11(5,6)8-10(3)4/h1H3;;(H,5,6)/p-1. The number of hydrogen-bond donors (Lipinski definition) is 0. The van der Waals surface area contributed by atoms with E-state index in [-0.39, 0.29) is 22.4 Å². The fourth-order valence-corrected chi connectivity index (χ4v) is 1.87. The summed E-state index contributed by atoms with van der Waals surface area (Å²) in [7, 11) is -12.6. The van der Waals surface area contributed by atoms with Gasteiger partial charge in [0.2, 0.25) is 0 Å². The molecule has 0 aromatic rings. The molecule has 8 nitrogen and oxygen atoms in total. The summed E-state index contributed by atoms with van der Waals surface area (Å²) in [6.45, 7) is 0. The molecule has 0 rings (SSSR count). The number of rotatable bonds is 4. The van der Waals surface area contributed by atoms with Gasteiger partial charge in [0.1, 0.15) is 0 Å². The van der Waals surface area contributed by atoms with E-state index in [0.29, 0.717) is 0 Å². The summed E-state index contributed by atoms with van der Waals surface area (Å²) in [6, 6.07) is 0. The van der Waals surface area contributed by atoms with Gasteiger partial charge in [-0.25, -0.2) is 0 Å². The Morgan fingerprint density at radius 2 is 1.36 bits per heavy atom. The Morgan fingerprint density at radius 3 is 1.50 bits per heavy atom. The summed E-state index contributed by atoms with van der Waals surface area (Å²) in [5.74, 6) is 0. The Morgan fingerprint density at radius 1 is 1.14 bits per heavy atom. The van der Waals surface area contributed by atoms with E-state index in [0.717, 1.165) is 0 Å². The van der Waals surface area contributed by atoms with E-state index in [2.05, 4.69) is 20.2 Å². The van der Waals surface area contributed by atoms with Crippen molar-refractivity contribution in [3.05, 3.63) is 0 Å². The van der Waals surface area contributed by atoms with Crippen LogP contribution in [-0.2, 0) is 44.7 Å². The van der Waals surface area contributed by atoms with Crippen LogP contribution in [0.1, 0.15) is 0 Å². The molecule has 0 heterocycles. The van der Waals surface area contributed by atoms with Gasteiger partial charge in [0.05, 0.1) is 0 Å². The summed E-state index contributed by atoms with van der Waals surface area (Å²) in [5.41, 5.74) is 0. The first-order valence-corrected chi connectivity index (χ1v) is 6.61. The van der Waals surface area contributed by atoms with Crippen LogP contribution in [0.15, 0.2) is 0 Å². The minimum Gasteiger partial charge on any atom is -0.750 e. The summed E-state index contributed by atoms with van der Waals surface area (Å²) in [4.78, 5) is 29.2. The second-order valence-electron chi connectivity index (χ2n) is 1.06. The molecule has 2 unspecified atom stereocenters. The molecule has 1 radical (unpaired) electrons. The van der Waals surface area contributed by atoms with E-state index in [1.165, 1.54) is 6.38 Å². The van der Waals surface area contributed by atoms with Gasteiger partial charge in [-0.3, -0.25) is 4.57 Å². The molecule has 0 aromatic heterocycles. The molecule has 0 spiro atoms. The molecule has 0 bridgehead atoms. The first kappa shape index (κ1) is 20.6. The van der Waals surface area contributed by atoms with Crippen LogP contribution in [0.3, 0.4) is 0 Å². The largest absolute Gasteiger partial charge is 0.750 e. The predicted octanol–water partition coefficient (Wildman–Crippen LogP) is -0.624. The number of halogens is 1. The zero-order chi connectivity index (χ0) is 11.1. The van der Waals surface area contributed by atoms with Crippen LogP contribution in [0.4, 0.5) is 0 Å². The first-order valence-electron chi connectivity index (χ1n) is 2.20. The van der Waals surface area contributed by atoms with Crippen molar-refractivity contribution in [3.63, 3.8) is 0 Å². The topological polar surface area (TPSA) is 139 Å². The Kier molecular flexibility index (Phi) is 15.9. The van der Waals surface area contributed by atoms with Crippen molar-refractivity contribution < 1.29 is 59.4 Å².